The van der Waals surface area contributed by atoms with Crippen molar-refractivity contribution in [3.63, 3.8) is 0 Å². The predicted octanol–water partition coefficient (Wildman–Crippen LogP) is -0.0128. The van der Waals surface area contributed by atoms with Gasteiger partial charge < -0.3 is 16.4 Å². The molecule has 7 nitrogen and oxygen atoms in total. The number of carbonyl (C=O) groups is 2. The zero-order valence-electron chi connectivity index (χ0n) is 11.8. The van der Waals surface area contributed by atoms with E-state index in [4.69, 9.17) is 5.73 Å². The zero-order chi connectivity index (χ0) is 14.6. The fourth-order valence-electron chi connectivity index (χ4n) is 1.58. The Labute approximate surface area is 112 Å². The summed E-state index contributed by atoms with van der Waals surface area (Å²) in [7, 11) is 1.56. The van der Waals surface area contributed by atoms with Gasteiger partial charge in [0.15, 0.2) is 5.69 Å². The van der Waals surface area contributed by atoms with Crippen LogP contribution in [0, 0.1) is 5.41 Å². The third kappa shape index (κ3) is 3.46. The van der Waals surface area contributed by atoms with E-state index in [2.05, 4.69) is 15.7 Å². The fourth-order valence-corrected chi connectivity index (χ4v) is 1.58. The molecule has 0 aliphatic heterocycles. The van der Waals surface area contributed by atoms with Crippen molar-refractivity contribution in [3.8, 4) is 0 Å². The van der Waals surface area contributed by atoms with Crippen molar-refractivity contribution < 1.29 is 9.59 Å². The minimum atomic E-state index is -0.688. The number of nitrogens with zero attached hydrogens (tertiary/aromatic N) is 2. The molecule has 0 aliphatic rings. The van der Waals surface area contributed by atoms with Crippen molar-refractivity contribution in [1.82, 2.24) is 20.4 Å². The number of anilines is 1. The minimum Gasteiger partial charge on any atom is -0.396 e. The van der Waals surface area contributed by atoms with E-state index in [9.17, 15) is 9.59 Å². The average molecular weight is 267 g/mol. The Bertz CT molecular complexity index is 478. The number of rotatable bonds is 5. The van der Waals surface area contributed by atoms with Gasteiger partial charge in [-0.25, -0.2) is 0 Å². The van der Waals surface area contributed by atoms with E-state index in [1.54, 1.807) is 31.8 Å². The monoisotopic (exact) mass is 267 g/mol. The number of hydrogen-bond donors (Lipinski definition) is 3. The highest BCUT2D eigenvalue weighted by Crippen LogP contribution is 2.14. The molecule has 1 heterocycles. The molecular weight excluding hydrogens is 246 g/mol. The highest BCUT2D eigenvalue weighted by molar-refractivity contribution is 5.97. The molecule has 106 valence electrons. The van der Waals surface area contributed by atoms with Crippen LogP contribution in [-0.4, -0.2) is 35.2 Å². The average Bonchev–Trinajstić information content (AvgIpc) is 2.76. The van der Waals surface area contributed by atoms with Crippen LogP contribution in [0.15, 0.2) is 6.20 Å². The zero-order valence-corrected chi connectivity index (χ0v) is 11.8. The van der Waals surface area contributed by atoms with E-state index in [0.717, 1.165) is 0 Å². The second-order valence-electron chi connectivity index (χ2n) is 4.93. The minimum absolute atomic E-state index is 0.139. The van der Waals surface area contributed by atoms with Crippen LogP contribution in [0.4, 0.5) is 5.69 Å². The first-order chi connectivity index (χ1) is 8.81. The van der Waals surface area contributed by atoms with Gasteiger partial charge in [-0.2, -0.15) is 5.10 Å². The molecule has 1 aromatic rings. The summed E-state index contributed by atoms with van der Waals surface area (Å²) >= 11 is 0. The number of hydrogen-bond acceptors (Lipinski definition) is 4. The lowest BCUT2D eigenvalue weighted by Gasteiger charge is -2.22. The van der Waals surface area contributed by atoms with Gasteiger partial charge in [0.25, 0.3) is 5.91 Å². The highest BCUT2D eigenvalue weighted by atomic mass is 16.2. The maximum atomic E-state index is 12.0. The molecular formula is C12H21N5O2. The summed E-state index contributed by atoms with van der Waals surface area (Å²) in [4.78, 5) is 23.5. The summed E-state index contributed by atoms with van der Waals surface area (Å²) in [5.41, 5.74) is 5.55. The van der Waals surface area contributed by atoms with Crippen molar-refractivity contribution in [2.75, 3.05) is 19.3 Å². The maximum Gasteiger partial charge on any atom is 0.273 e. The quantitative estimate of drug-likeness (QED) is 0.698. The molecule has 0 bridgehead atoms. The lowest BCUT2D eigenvalue weighted by molar-refractivity contribution is -0.128. The lowest BCUT2D eigenvalue weighted by Crippen LogP contribution is -2.43. The first-order valence-electron chi connectivity index (χ1n) is 6.15. The van der Waals surface area contributed by atoms with E-state index in [0.29, 0.717) is 12.2 Å². The summed E-state index contributed by atoms with van der Waals surface area (Å²) in [5, 5.41) is 9.31. The third-order valence-electron chi connectivity index (χ3n) is 2.86. The molecule has 1 aromatic heterocycles. The summed E-state index contributed by atoms with van der Waals surface area (Å²) < 4.78 is 1.59. The van der Waals surface area contributed by atoms with Crippen LogP contribution in [-0.2, 0) is 11.3 Å². The number of nitrogens with two attached hydrogens (primary N) is 1. The van der Waals surface area contributed by atoms with E-state index in [1.165, 1.54) is 0 Å². The lowest BCUT2D eigenvalue weighted by atomic mass is 9.92. The number of nitrogen functional groups attached to an aromatic ring is 1. The van der Waals surface area contributed by atoms with Gasteiger partial charge in [-0.1, -0.05) is 0 Å². The van der Waals surface area contributed by atoms with Crippen molar-refractivity contribution in [2.24, 2.45) is 5.41 Å². The Kier molecular flexibility index (Phi) is 4.52. The molecule has 19 heavy (non-hydrogen) atoms. The maximum absolute atomic E-state index is 12.0. The van der Waals surface area contributed by atoms with E-state index < -0.39 is 5.41 Å². The first kappa shape index (κ1) is 15.0. The van der Waals surface area contributed by atoms with Gasteiger partial charge in [0.05, 0.1) is 11.1 Å². The van der Waals surface area contributed by atoms with E-state index in [-0.39, 0.29) is 24.1 Å². The van der Waals surface area contributed by atoms with Gasteiger partial charge in [-0.15, -0.1) is 0 Å². The molecule has 0 spiro atoms. The Balaban J connectivity index is 2.70. The van der Waals surface area contributed by atoms with Gasteiger partial charge in [0.2, 0.25) is 5.91 Å². The van der Waals surface area contributed by atoms with Crippen LogP contribution in [0.2, 0.25) is 0 Å². The Morgan fingerprint density at radius 2 is 2.11 bits per heavy atom. The topological polar surface area (TPSA) is 102 Å². The number of aryl methyl sites for hydroxylation is 1. The predicted molar refractivity (Wildman–Crippen MR) is 72.5 cm³/mol. The number of carbonyl (C=O) groups excluding carboxylic acids is 2. The molecule has 0 radical (unpaired) electrons. The van der Waals surface area contributed by atoms with Crippen molar-refractivity contribution >= 4 is 17.5 Å². The van der Waals surface area contributed by atoms with Crippen LogP contribution >= 0.6 is 0 Å². The normalized spacial score (nSPS) is 11.2. The van der Waals surface area contributed by atoms with E-state index in [1.807, 2.05) is 6.92 Å². The number of aromatic nitrogens is 2. The third-order valence-corrected chi connectivity index (χ3v) is 2.86. The molecule has 1 rings (SSSR count). The molecule has 0 saturated carbocycles. The molecule has 2 amide bonds. The van der Waals surface area contributed by atoms with E-state index >= 15 is 0 Å². The van der Waals surface area contributed by atoms with Crippen molar-refractivity contribution in [1.29, 1.82) is 0 Å². The van der Waals surface area contributed by atoms with Crippen LogP contribution in [0.1, 0.15) is 31.3 Å². The molecule has 7 heteroatoms. The fraction of sp³-hybridized carbons (Fsp3) is 0.583. The second kappa shape index (κ2) is 5.73. The standard InChI is InChI=1S/C12H21N5O2/c1-5-17-6-8(13)9(16-17)10(18)15-7-12(2,3)11(19)14-4/h6H,5,7,13H2,1-4H3,(H,14,19)(H,15,18). The summed E-state index contributed by atoms with van der Waals surface area (Å²) in [6, 6.07) is 0. The molecule has 0 saturated heterocycles. The highest BCUT2D eigenvalue weighted by Gasteiger charge is 2.28. The SMILES string of the molecule is CCn1cc(N)c(C(=O)NCC(C)(C)C(=O)NC)n1. The second-order valence-corrected chi connectivity index (χ2v) is 4.93. The van der Waals surface area contributed by atoms with Gasteiger partial charge in [0, 0.05) is 26.3 Å². The summed E-state index contributed by atoms with van der Waals surface area (Å²) in [6.07, 6.45) is 1.61. The summed E-state index contributed by atoms with van der Waals surface area (Å²) in [5.74, 6) is -0.512. The van der Waals surface area contributed by atoms with Crippen LogP contribution in [0.25, 0.3) is 0 Å². The van der Waals surface area contributed by atoms with Crippen LogP contribution < -0.4 is 16.4 Å². The molecule has 0 unspecified atom stereocenters. The number of nitrogens with one attached hydrogen (secondary N) is 2. The van der Waals surface area contributed by atoms with Gasteiger partial charge in [-0.3, -0.25) is 14.3 Å². The van der Waals surface area contributed by atoms with Crippen LogP contribution in [0.5, 0.6) is 0 Å². The van der Waals surface area contributed by atoms with Crippen molar-refractivity contribution in [2.45, 2.75) is 27.3 Å². The molecule has 0 aromatic carbocycles. The first-order valence-corrected chi connectivity index (χ1v) is 6.15. The van der Waals surface area contributed by atoms with Gasteiger partial charge >= 0.3 is 0 Å². The Morgan fingerprint density at radius 1 is 1.47 bits per heavy atom. The van der Waals surface area contributed by atoms with Crippen LogP contribution in [0.3, 0.4) is 0 Å². The van der Waals surface area contributed by atoms with Crippen molar-refractivity contribution in [3.05, 3.63) is 11.9 Å². The number of amides is 2. The van der Waals surface area contributed by atoms with Gasteiger partial charge in [-0.05, 0) is 20.8 Å². The largest absolute Gasteiger partial charge is 0.396 e. The molecule has 4 N–H and O–H groups in total. The Morgan fingerprint density at radius 3 is 2.58 bits per heavy atom. The molecule has 0 aliphatic carbocycles. The molecule has 0 atom stereocenters. The van der Waals surface area contributed by atoms with Gasteiger partial charge in [0.1, 0.15) is 0 Å². The Hall–Kier alpha value is -2.05. The molecule has 0 fully saturated rings. The summed E-state index contributed by atoms with van der Waals surface area (Å²) in [6.45, 7) is 6.26. The smallest absolute Gasteiger partial charge is 0.273 e.